The molecule has 1 aliphatic rings. The van der Waals surface area contributed by atoms with E-state index in [4.69, 9.17) is 39.5 Å². The molecule has 154 valence electrons. The molecule has 0 unspecified atom stereocenters. The van der Waals surface area contributed by atoms with Crippen molar-refractivity contribution >= 4 is 68.0 Å². The summed E-state index contributed by atoms with van der Waals surface area (Å²) in [6, 6.07) is 7.16. The maximum Gasteiger partial charge on any atom is 0.262 e. The molecule has 0 atom stereocenters. The van der Waals surface area contributed by atoms with Crippen LogP contribution in [0.15, 0.2) is 35.2 Å². The number of fused-ring (bicyclic) bond motifs is 1. The highest BCUT2D eigenvalue weighted by Crippen LogP contribution is 2.36. The van der Waals surface area contributed by atoms with Gasteiger partial charge in [0.15, 0.2) is 6.61 Å². The summed E-state index contributed by atoms with van der Waals surface area (Å²) in [5.41, 5.74) is 0.446. The van der Waals surface area contributed by atoms with Crippen molar-refractivity contribution in [2.75, 3.05) is 30.8 Å². The fourth-order valence-corrected chi connectivity index (χ4v) is 4.66. The molecule has 0 aromatic heterocycles. The Morgan fingerprint density at radius 3 is 2.52 bits per heavy atom. The summed E-state index contributed by atoms with van der Waals surface area (Å²) < 4.78 is 31.8. The van der Waals surface area contributed by atoms with Crippen LogP contribution in [-0.4, -0.2) is 44.7 Å². The number of amides is 2. The summed E-state index contributed by atoms with van der Waals surface area (Å²) in [4.78, 5) is 23.4. The van der Waals surface area contributed by atoms with Crippen LogP contribution in [-0.2, 0) is 19.6 Å². The van der Waals surface area contributed by atoms with Crippen LogP contribution >= 0.6 is 34.8 Å². The van der Waals surface area contributed by atoms with E-state index in [1.807, 2.05) is 0 Å². The molecular weight excluding hydrogens is 465 g/mol. The first-order valence-corrected chi connectivity index (χ1v) is 10.6. The van der Waals surface area contributed by atoms with E-state index in [1.54, 1.807) is 6.07 Å². The Bertz CT molecular complexity index is 1090. The number of hydrogen-bond donors (Lipinski definition) is 2. The van der Waals surface area contributed by atoms with Gasteiger partial charge in [-0.1, -0.05) is 40.9 Å². The first-order chi connectivity index (χ1) is 13.6. The van der Waals surface area contributed by atoms with Crippen molar-refractivity contribution in [2.45, 2.75) is 4.90 Å². The average molecular weight is 479 g/mol. The monoisotopic (exact) mass is 477 g/mol. The Kier molecular flexibility index (Phi) is 6.25. The van der Waals surface area contributed by atoms with Gasteiger partial charge in [0.25, 0.3) is 5.91 Å². The summed E-state index contributed by atoms with van der Waals surface area (Å²) in [7, 11) is -2.92. The number of carbonyl (C=O) groups excluding carboxylic acids is 2. The zero-order valence-corrected chi connectivity index (χ0v) is 17.9. The second-order valence-corrected chi connectivity index (χ2v) is 9.26. The third-order valence-electron chi connectivity index (χ3n) is 3.95. The van der Waals surface area contributed by atoms with Crippen molar-refractivity contribution in [1.82, 2.24) is 4.31 Å². The van der Waals surface area contributed by atoms with Gasteiger partial charge in [0.05, 0.1) is 33.0 Å². The van der Waals surface area contributed by atoms with Gasteiger partial charge < -0.3 is 15.4 Å². The molecule has 3 rings (SSSR count). The van der Waals surface area contributed by atoms with Crippen LogP contribution in [0.5, 0.6) is 5.75 Å². The molecule has 0 saturated heterocycles. The van der Waals surface area contributed by atoms with Crippen molar-refractivity contribution in [3.8, 4) is 5.75 Å². The van der Waals surface area contributed by atoms with Crippen LogP contribution in [0.2, 0.25) is 15.1 Å². The summed E-state index contributed by atoms with van der Waals surface area (Å²) in [6.07, 6.45) is 0. The van der Waals surface area contributed by atoms with Crippen molar-refractivity contribution in [3.63, 3.8) is 0 Å². The van der Waals surface area contributed by atoms with Gasteiger partial charge in [0.1, 0.15) is 10.6 Å². The number of hydrogen-bond acceptors (Lipinski definition) is 5. The maximum atomic E-state index is 12.9. The Morgan fingerprint density at radius 2 is 1.86 bits per heavy atom. The van der Waals surface area contributed by atoms with Crippen molar-refractivity contribution in [2.24, 2.45) is 0 Å². The first-order valence-electron chi connectivity index (χ1n) is 8.06. The number of nitrogens with one attached hydrogen (secondary N) is 2. The molecule has 0 saturated carbocycles. The quantitative estimate of drug-likeness (QED) is 0.686. The third kappa shape index (κ3) is 4.59. The lowest BCUT2D eigenvalue weighted by molar-refractivity contribution is -0.118. The Balaban J connectivity index is 1.81. The number of nitrogens with zero attached hydrogens (tertiary/aromatic N) is 1. The van der Waals surface area contributed by atoms with Crippen LogP contribution in [0, 0.1) is 0 Å². The molecule has 0 fully saturated rings. The summed E-state index contributed by atoms with van der Waals surface area (Å²) >= 11 is 18.1. The lowest BCUT2D eigenvalue weighted by Gasteiger charge is -2.22. The molecule has 12 heteroatoms. The zero-order valence-electron chi connectivity index (χ0n) is 14.8. The van der Waals surface area contributed by atoms with Crippen LogP contribution in [0.25, 0.3) is 0 Å². The summed E-state index contributed by atoms with van der Waals surface area (Å²) in [5.74, 6) is -0.867. The van der Waals surface area contributed by atoms with Crippen molar-refractivity contribution in [3.05, 3.63) is 45.4 Å². The van der Waals surface area contributed by atoms with E-state index in [9.17, 15) is 18.0 Å². The van der Waals surface area contributed by atoms with Crippen molar-refractivity contribution < 1.29 is 22.7 Å². The molecule has 2 N–H and O–H groups in total. The van der Waals surface area contributed by atoms with Crippen molar-refractivity contribution in [1.29, 1.82) is 0 Å². The molecule has 0 aliphatic carbocycles. The number of anilines is 2. The number of para-hydroxylation sites is 1. The lowest BCUT2D eigenvalue weighted by atomic mass is 10.2. The van der Waals surface area contributed by atoms with Gasteiger partial charge in [-0.25, -0.2) is 8.42 Å². The first kappa shape index (κ1) is 21.7. The number of likely N-dealkylation sites (N-methyl/N-ethyl adjacent to an activating group) is 1. The molecular formula is C17H14Cl3N3O5S. The fraction of sp³-hybridized carbons (Fsp3) is 0.176. The van der Waals surface area contributed by atoms with Gasteiger partial charge in [-0.2, -0.15) is 4.31 Å². The number of sulfonamides is 1. The van der Waals surface area contributed by atoms with E-state index >= 15 is 0 Å². The largest absolute Gasteiger partial charge is 0.482 e. The minimum atomic E-state index is -4.14. The van der Waals surface area contributed by atoms with Gasteiger partial charge in [0, 0.05) is 13.1 Å². The lowest BCUT2D eigenvalue weighted by Crippen LogP contribution is -2.35. The molecule has 0 spiro atoms. The average Bonchev–Trinajstić information content (AvgIpc) is 2.64. The Morgan fingerprint density at radius 1 is 1.21 bits per heavy atom. The number of carbonyl (C=O) groups is 2. The van der Waals surface area contributed by atoms with Gasteiger partial charge in [-0.3, -0.25) is 9.59 Å². The van der Waals surface area contributed by atoms with E-state index in [0.717, 1.165) is 4.31 Å². The highest BCUT2D eigenvalue weighted by Gasteiger charge is 2.29. The molecule has 2 amide bonds. The minimum absolute atomic E-state index is 0.129. The van der Waals surface area contributed by atoms with Gasteiger partial charge in [-0.05, 0) is 18.2 Å². The zero-order chi connectivity index (χ0) is 21.3. The predicted octanol–water partition coefficient (Wildman–Crippen LogP) is 3.24. The van der Waals surface area contributed by atoms with E-state index in [1.165, 1.54) is 31.3 Å². The van der Waals surface area contributed by atoms with Crippen LogP contribution in [0.3, 0.4) is 0 Å². The van der Waals surface area contributed by atoms with E-state index in [2.05, 4.69) is 10.6 Å². The molecule has 0 radical (unpaired) electrons. The number of ether oxygens (including phenoxy) is 1. The molecule has 8 nitrogen and oxygen atoms in total. The molecule has 2 aromatic rings. The van der Waals surface area contributed by atoms with Gasteiger partial charge in [-0.15, -0.1) is 0 Å². The van der Waals surface area contributed by atoms with Crippen LogP contribution < -0.4 is 15.4 Å². The fourth-order valence-electron chi connectivity index (χ4n) is 2.53. The topological polar surface area (TPSA) is 105 Å². The molecule has 2 aromatic carbocycles. The van der Waals surface area contributed by atoms with E-state index < -0.39 is 22.5 Å². The smallest absolute Gasteiger partial charge is 0.262 e. The Labute approximate surface area is 181 Å². The Hall–Kier alpha value is -2.04. The molecule has 1 heterocycles. The van der Waals surface area contributed by atoms with Crippen LogP contribution in [0.4, 0.5) is 11.4 Å². The summed E-state index contributed by atoms with van der Waals surface area (Å²) in [6.45, 7) is -0.764. The molecule has 0 bridgehead atoms. The maximum absolute atomic E-state index is 12.9. The minimum Gasteiger partial charge on any atom is -0.482 e. The number of benzene rings is 2. The normalized spacial score (nSPS) is 13.5. The highest BCUT2D eigenvalue weighted by molar-refractivity contribution is 7.89. The van der Waals surface area contributed by atoms with E-state index in [0.29, 0.717) is 0 Å². The van der Waals surface area contributed by atoms with Gasteiger partial charge >= 0.3 is 0 Å². The summed E-state index contributed by atoms with van der Waals surface area (Å²) in [5, 5.41) is 5.32. The van der Waals surface area contributed by atoms with Crippen LogP contribution in [0.1, 0.15) is 0 Å². The molecule has 1 aliphatic heterocycles. The second-order valence-electron chi connectivity index (χ2n) is 6.02. The number of halogens is 3. The molecule has 29 heavy (non-hydrogen) atoms. The second kappa shape index (κ2) is 8.37. The van der Waals surface area contributed by atoms with Gasteiger partial charge in [0.2, 0.25) is 15.9 Å². The predicted molar refractivity (Wildman–Crippen MR) is 110 cm³/mol. The SMILES string of the molecule is CN(CC(=O)Nc1c(Cl)cccc1Cl)S(=O)(=O)c1cc2c(cc1Cl)NC(=O)CO2. The standard InChI is InChI=1S/C17H14Cl3N3O5S/c1-23(7-15(24)22-17-9(18)3-2-4-10(17)19)29(26,27)14-6-13-12(5-11(14)20)21-16(25)8-28-13/h2-6H,7-8H2,1H3,(H,21,25)(H,22,24). The number of rotatable bonds is 5. The third-order valence-corrected chi connectivity index (χ3v) is 6.85. The highest BCUT2D eigenvalue weighted by atomic mass is 35.5. The van der Waals surface area contributed by atoms with E-state index in [-0.39, 0.29) is 49.6 Å².